The summed E-state index contributed by atoms with van der Waals surface area (Å²) in [4.78, 5) is 15.5. The van der Waals surface area contributed by atoms with E-state index in [1.165, 1.54) is 4.88 Å². The SMILES string of the molecule is C[C@H](NCCN(C(=O)OC(C)(C)C)C(C)(C)C)c1cccs1. The minimum atomic E-state index is -0.474. The molecule has 0 saturated heterocycles. The maximum Gasteiger partial charge on any atom is 0.410 e. The van der Waals surface area contributed by atoms with Gasteiger partial charge in [0.25, 0.3) is 0 Å². The summed E-state index contributed by atoms with van der Waals surface area (Å²) in [5.74, 6) is 0. The molecule has 1 amide bonds. The van der Waals surface area contributed by atoms with Gasteiger partial charge in [-0.15, -0.1) is 11.3 Å². The zero-order valence-electron chi connectivity index (χ0n) is 14.9. The minimum Gasteiger partial charge on any atom is -0.444 e. The fourth-order valence-electron chi connectivity index (χ4n) is 2.05. The van der Waals surface area contributed by atoms with E-state index in [1.54, 1.807) is 16.2 Å². The third kappa shape index (κ3) is 6.36. The Balaban J connectivity index is 2.57. The van der Waals surface area contributed by atoms with Gasteiger partial charge in [0.1, 0.15) is 5.60 Å². The van der Waals surface area contributed by atoms with Crippen LogP contribution in [0.4, 0.5) is 4.79 Å². The van der Waals surface area contributed by atoms with E-state index in [4.69, 9.17) is 4.74 Å². The second kappa shape index (κ2) is 7.47. The summed E-state index contributed by atoms with van der Waals surface area (Å²) in [6.07, 6.45) is -0.259. The molecule has 0 aromatic carbocycles. The molecule has 0 aliphatic rings. The molecule has 1 rings (SSSR count). The smallest absolute Gasteiger partial charge is 0.410 e. The van der Waals surface area contributed by atoms with Gasteiger partial charge in [-0.2, -0.15) is 0 Å². The van der Waals surface area contributed by atoms with E-state index < -0.39 is 5.60 Å². The third-order valence-corrected chi connectivity index (χ3v) is 4.23. The summed E-state index contributed by atoms with van der Waals surface area (Å²) in [5, 5.41) is 5.55. The molecule has 0 unspecified atom stereocenters. The van der Waals surface area contributed by atoms with Gasteiger partial charge in [-0.25, -0.2) is 4.79 Å². The molecule has 1 aromatic heterocycles. The highest BCUT2D eigenvalue weighted by Gasteiger charge is 2.30. The van der Waals surface area contributed by atoms with Crippen molar-refractivity contribution in [2.24, 2.45) is 0 Å². The summed E-state index contributed by atoms with van der Waals surface area (Å²) < 4.78 is 5.52. The first kappa shape index (κ1) is 19.0. The molecule has 0 saturated carbocycles. The Morgan fingerprint density at radius 3 is 2.41 bits per heavy atom. The van der Waals surface area contributed by atoms with E-state index in [2.05, 4.69) is 29.8 Å². The number of ether oxygens (including phenoxy) is 1. The number of thiophene rings is 1. The summed E-state index contributed by atoms with van der Waals surface area (Å²) in [6, 6.07) is 4.47. The quantitative estimate of drug-likeness (QED) is 0.870. The van der Waals surface area contributed by atoms with Gasteiger partial charge >= 0.3 is 6.09 Å². The fraction of sp³-hybridized carbons (Fsp3) is 0.706. The van der Waals surface area contributed by atoms with E-state index in [1.807, 2.05) is 41.5 Å². The Kier molecular flexibility index (Phi) is 6.44. The van der Waals surface area contributed by atoms with Crippen molar-refractivity contribution in [2.75, 3.05) is 13.1 Å². The van der Waals surface area contributed by atoms with Crippen LogP contribution in [0.25, 0.3) is 0 Å². The van der Waals surface area contributed by atoms with E-state index in [9.17, 15) is 4.79 Å². The molecular weight excluding hydrogens is 296 g/mol. The Morgan fingerprint density at radius 1 is 1.32 bits per heavy atom. The van der Waals surface area contributed by atoms with Gasteiger partial charge in [0.15, 0.2) is 0 Å². The monoisotopic (exact) mass is 326 g/mol. The minimum absolute atomic E-state index is 0.259. The van der Waals surface area contributed by atoms with Crippen LogP contribution in [0.3, 0.4) is 0 Å². The molecule has 1 aromatic rings. The molecule has 0 aliphatic carbocycles. The fourth-order valence-corrected chi connectivity index (χ4v) is 2.81. The average molecular weight is 327 g/mol. The maximum absolute atomic E-state index is 12.4. The lowest BCUT2D eigenvalue weighted by Gasteiger charge is -2.37. The second-order valence-electron chi connectivity index (χ2n) is 7.49. The van der Waals surface area contributed by atoms with Gasteiger partial charge < -0.3 is 15.0 Å². The zero-order valence-corrected chi connectivity index (χ0v) is 15.7. The molecule has 1 heterocycles. The molecule has 4 nitrogen and oxygen atoms in total. The van der Waals surface area contributed by atoms with Gasteiger partial charge in [-0.3, -0.25) is 0 Å². The number of amides is 1. The van der Waals surface area contributed by atoms with Crippen LogP contribution in [0.2, 0.25) is 0 Å². The van der Waals surface area contributed by atoms with Gasteiger partial charge in [-0.1, -0.05) is 6.07 Å². The molecular formula is C17H30N2O2S. The lowest BCUT2D eigenvalue weighted by Crippen LogP contribution is -2.50. The summed E-state index contributed by atoms with van der Waals surface area (Å²) in [6.45, 7) is 15.2. The van der Waals surface area contributed by atoms with Gasteiger partial charge in [-0.05, 0) is 59.9 Å². The molecule has 1 atom stereocenters. The van der Waals surface area contributed by atoms with Crippen molar-refractivity contribution >= 4 is 17.4 Å². The maximum atomic E-state index is 12.4. The average Bonchev–Trinajstić information content (AvgIpc) is 2.83. The van der Waals surface area contributed by atoms with Crippen LogP contribution < -0.4 is 5.32 Å². The summed E-state index contributed by atoms with van der Waals surface area (Å²) in [7, 11) is 0. The summed E-state index contributed by atoms with van der Waals surface area (Å²) >= 11 is 1.74. The van der Waals surface area contributed by atoms with Crippen molar-refractivity contribution in [3.05, 3.63) is 22.4 Å². The molecule has 0 fully saturated rings. The van der Waals surface area contributed by atoms with Crippen LogP contribution in [0.1, 0.15) is 59.4 Å². The molecule has 22 heavy (non-hydrogen) atoms. The molecule has 0 spiro atoms. The topological polar surface area (TPSA) is 41.6 Å². The largest absolute Gasteiger partial charge is 0.444 e. The third-order valence-electron chi connectivity index (χ3n) is 3.18. The van der Waals surface area contributed by atoms with Crippen LogP contribution in [-0.4, -0.2) is 35.2 Å². The molecule has 0 bridgehead atoms. The van der Waals surface area contributed by atoms with Crippen LogP contribution in [0, 0.1) is 0 Å². The summed E-state index contributed by atoms with van der Waals surface area (Å²) in [5.41, 5.74) is -0.742. The van der Waals surface area contributed by atoms with Crippen molar-refractivity contribution in [3.63, 3.8) is 0 Å². The predicted octanol–water partition coefficient (Wildman–Crippen LogP) is 4.43. The lowest BCUT2D eigenvalue weighted by molar-refractivity contribution is 0.00650. The molecule has 0 aliphatic heterocycles. The Morgan fingerprint density at radius 2 is 1.95 bits per heavy atom. The van der Waals surface area contributed by atoms with Gasteiger partial charge in [0.05, 0.1) is 0 Å². The number of carbonyl (C=O) groups excluding carboxylic acids is 1. The van der Waals surface area contributed by atoms with Crippen LogP contribution >= 0.6 is 11.3 Å². The number of hydrogen-bond donors (Lipinski definition) is 1. The highest BCUT2D eigenvalue weighted by Crippen LogP contribution is 2.20. The van der Waals surface area contributed by atoms with Crippen LogP contribution in [0.5, 0.6) is 0 Å². The number of nitrogens with one attached hydrogen (secondary N) is 1. The van der Waals surface area contributed by atoms with Gasteiger partial charge in [0.2, 0.25) is 0 Å². The molecule has 0 radical (unpaired) electrons. The van der Waals surface area contributed by atoms with E-state index in [0.717, 1.165) is 6.54 Å². The molecule has 1 N–H and O–H groups in total. The Bertz CT molecular complexity index is 458. The number of hydrogen-bond acceptors (Lipinski definition) is 4. The van der Waals surface area contributed by atoms with Crippen molar-refractivity contribution in [2.45, 2.75) is 65.6 Å². The highest BCUT2D eigenvalue weighted by atomic mass is 32.1. The molecule has 5 heteroatoms. The van der Waals surface area contributed by atoms with Crippen molar-refractivity contribution in [3.8, 4) is 0 Å². The van der Waals surface area contributed by atoms with Crippen molar-refractivity contribution in [1.82, 2.24) is 10.2 Å². The highest BCUT2D eigenvalue weighted by molar-refractivity contribution is 7.10. The van der Waals surface area contributed by atoms with Gasteiger partial charge in [0, 0.05) is 29.5 Å². The Hall–Kier alpha value is -1.07. The number of carbonyl (C=O) groups is 1. The normalized spacial score (nSPS) is 13.8. The predicted molar refractivity (Wildman–Crippen MR) is 93.4 cm³/mol. The first-order chi connectivity index (χ1) is 10.0. The van der Waals surface area contributed by atoms with Crippen molar-refractivity contribution < 1.29 is 9.53 Å². The first-order valence-electron chi connectivity index (χ1n) is 7.78. The first-order valence-corrected chi connectivity index (χ1v) is 8.66. The standard InChI is InChI=1S/C17H30N2O2S/c1-13(14-9-8-12-22-14)18-10-11-19(16(2,3)4)15(20)21-17(5,6)7/h8-9,12-13,18H,10-11H2,1-7H3/t13-/m0/s1. The van der Waals surface area contributed by atoms with Crippen molar-refractivity contribution in [1.29, 1.82) is 0 Å². The van der Waals surface area contributed by atoms with Crippen LogP contribution in [0.15, 0.2) is 17.5 Å². The number of rotatable bonds is 5. The van der Waals surface area contributed by atoms with E-state index in [-0.39, 0.29) is 11.6 Å². The van der Waals surface area contributed by atoms with Crippen LogP contribution in [-0.2, 0) is 4.74 Å². The zero-order chi connectivity index (χ0) is 17.0. The molecule has 126 valence electrons. The number of nitrogens with zero attached hydrogens (tertiary/aromatic N) is 1. The Labute approximate surface area is 138 Å². The second-order valence-corrected chi connectivity index (χ2v) is 8.47. The van der Waals surface area contributed by atoms with E-state index >= 15 is 0 Å². The lowest BCUT2D eigenvalue weighted by atomic mass is 10.1. The van der Waals surface area contributed by atoms with E-state index in [0.29, 0.717) is 12.6 Å².